The lowest BCUT2D eigenvalue weighted by Gasteiger charge is -2.36. The van der Waals surface area contributed by atoms with E-state index in [-0.39, 0.29) is 11.2 Å². The van der Waals surface area contributed by atoms with E-state index in [1.54, 1.807) is 0 Å². The lowest BCUT2D eigenvalue weighted by Crippen LogP contribution is -2.29. The van der Waals surface area contributed by atoms with Crippen molar-refractivity contribution in [2.45, 2.75) is 52.8 Å². The zero-order valence-corrected chi connectivity index (χ0v) is 19.5. The van der Waals surface area contributed by atoms with E-state index in [2.05, 4.69) is 36.9 Å². The van der Waals surface area contributed by atoms with Gasteiger partial charge >= 0.3 is 6.36 Å². The molecule has 0 saturated heterocycles. The van der Waals surface area contributed by atoms with Crippen molar-refractivity contribution in [3.05, 3.63) is 46.5 Å². The van der Waals surface area contributed by atoms with Crippen LogP contribution in [0.5, 0.6) is 5.75 Å². The van der Waals surface area contributed by atoms with Gasteiger partial charge in [-0.3, -0.25) is 4.79 Å². The van der Waals surface area contributed by atoms with Crippen LogP contribution in [0.1, 0.15) is 54.5 Å². The second kappa shape index (κ2) is 8.52. The minimum Gasteiger partial charge on any atom is -0.406 e. The highest BCUT2D eigenvalue weighted by atomic mass is 32.1. The predicted octanol–water partition coefficient (Wildman–Crippen LogP) is 6.57. The molecule has 1 aliphatic carbocycles. The van der Waals surface area contributed by atoms with Crippen LogP contribution in [-0.2, 0) is 12.8 Å². The standard InChI is InChI=1S/C24H26F3N3O2S/c1-4-23(2,3)14-5-10-18-13(11-14)12-17-19(28)20(33-22(17)30-18)21(31)29-15-6-8-16(9-7-15)32-24(25,26)27/h6-9,12,14H,4-5,10-11,28H2,1-3H3,(H,29,31)/t14-/m0/s1. The van der Waals surface area contributed by atoms with E-state index >= 15 is 0 Å². The van der Waals surface area contributed by atoms with Crippen molar-refractivity contribution < 1.29 is 22.7 Å². The molecule has 1 aliphatic rings. The second-order valence-corrected chi connectivity index (χ2v) is 10.1. The van der Waals surface area contributed by atoms with Crippen molar-refractivity contribution in [2.75, 3.05) is 11.1 Å². The Hall–Kier alpha value is -2.81. The molecule has 0 fully saturated rings. The molecule has 1 aromatic carbocycles. The number of hydrogen-bond acceptors (Lipinski definition) is 5. The zero-order chi connectivity index (χ0) is 24.0. The van der Waals surface area contributed by atoms with Gasteiger partial charge in [-0.2, -0.15) is 0 Å². The van der Waals surface area contributed by atoms with Gasteiger partial charge in [0.25, 0.3) is 5.91 Å². The van der Waals surface area contributed by atoms with Gasteiger partial charge in [-0.1, -0.05) is 27.2 Å². The lowest BCUT2D eigenvalue weighted by molar-refractivity contribution is -0.274. The fourth-order valence-electron chi connectivity index (χ4n) is 4.24. The Labute approximate surface area is 194 Å². The molecule has 0 radical (unpaired) electrons. The first kappa shape index (κ1) is 23.4. The van der Waals surface area contributed by atoms with Crippen LogP contribution in [0.2, 0.25) is 0 Å². The molecule has 0 saturated carbocycles. The highest BCUT2D eigenvalue weighted by Crippen LogP contribution is 2.42. The number of aryl methyl sites for hydroxylation is 1. The molecule has 1 amide bonds. The van der Waals surface area contributed by atoms with Crippen LogP contribution in [0, 0.1) is 11.3 Å². The molecular weight excluding hydrogens is 451 g/mol. The number of rotatable bonds is 5. The van der Waals surface area contributed by atoms with Crippen molar-refractivity contribution in [1.82, 2.24) is 4.98 Å². The number of halogens is 3. The molecule has 9 heteroatoms. The Kier molecular flexibility index (Phi) is 6.03. The van der Waals surface area contributed by atoms with Gasteiger partial charge in [0.1, 0.15) is 15.5 Å². The van der Waals surface area contributed by atoms with E-state index in [0.29, 0.717) is 22.2 Å². The molecule has 1 atom stereocenters. The number of hydrogen-bond donors (Lipinski definition) is 2. The SMILES string of the molecule is CCC(C)(C)[C@H]1CCc2nc3sc(C(=O)Nc4ccc(OC(F)(F)F)cc4)c(N)c3cc2C1. The van der Waals surface area contributed by atoms with Gasteiger partial charge in [-0.15, -0.1) is 24.5 Å². The van der Waals surface area contributed by atoms with Crippen molar-refractivity contribution in [3.8, 4) is 5.75 Å². The number of alkyl halides is 3. The number of aromatic nitrogens is 1. The Morgan fingerprint density at radius 2 is 1.97 bits per heavy atom. The zero-order valence-electron chi connectivity index (χ0n) is 18.7. The number of nitrogens with two attached hydrogens (primary N) is 1. The monoisotopic (exact) mass is 477 g/mol. The Bertz CT molecular complexity index is 1190. The summed E-state index contributed by atoms with van der Waals surface area (Å²) in [5, 5.41) is 3.45. The van der Waals surface area contributed by atoms with E-state index in [0.717, 1.165) is 53.7 Å². The molecule has 33 heavy (non-hydrogen) atoms. The summed E-state index contributed by atoms with van der Waals surface area (Å²) < 4.78 is 40.8. The highest BCUT2D eigenvalue weighted by Gasteiger charge is 2.33. The van der Waals surface area contributed by atoms with Gasteiger partial charge in [0, 0.05) is 16.8 Å². The minimum atomic E-state index is -4.77. The number of benzene rings is 1. The molecular formula is C24H26F3N3O2S. The Morgan fingerprint density at radius 1 is 1.27 bits per heavy atom. The Balaban J connectivity index is 1.55. The average Bonchev–Trinajstić information content (AvgIpc) is 3.07. The van der Waals surface area contributed by atoms with E-state index in [4.69, 9.17) is 10.7 Å². The molecule has 3 aromatic rings. The summed E-state index contributed by atoms with van der Waals surface area (Å²) in [7, 11) is 0. The largest absolute Gasteiger partial charge is 0.573 e. The van der Waals surface area contributed by atoms with Gasteiger partial charge in [0.15, 0.2) is 0 Å². The quantitative estimate of drug-likeness (QED) is 0.436. The summed E-state index contributed by atoms with van der Waals surface area (Å²) in [5.41, 5.74) is 9.55. The van der Waals surface area contributed by atoms with E-state index in [1.165, 1.54) is 29.0 Å². The van der Waals surface area contributed by atoms with Crippen LogP contribution < -0.4 is 15.8 Å². The number of fused-ring (bicyclic) bond motifs is 2. The third-order valence-corrected chi connectivity index (χ3v) is 7.77. The highest BCUT2D eigenvalue weighted by molar-refractivity contribution is 7.21. The molecule has 0 aliphatic heterocycles. The summed E-state index contributed by atoms with van der Waals surface area (Å²) in [5.74, 6) is -0.217. The first-order valence-corrected chi connectivity index (χ1v) is 11.7. The molecule has 4 rings (SSSR count). The van der Waals surface area contributed by atoms with Gasteiger partial charge in [0.2, 0.25) is 0 Å². The summed E-state index contributed by atoms with van der Waals surface area (Å²) in [4.78, 5) is 18.7. The van der Waals surface area contributed by atoms with Crippen molar-refractivity contribution in [1.29, 1.82) is 0 Å². The maximum absolute atomic E-state index is 12.8. The number of carbonyl (C=O) groups excluding carboxylic acids is 1. The molecule has 2 heterocycles. The molecule has 0 bridgehead atoms. The third-order valence-electron chi connectivity index (χ3n) is 6.65. The lowest BCUT2D eigenvalue weighted by atomic mass is 9.69. The maximum atomic E-state index is 12.8. The van der Waals surface area contributed by atoms with Gasteiger partial charge < -0.3 is 15.8 Å². The van der Waals surface area contributed by atoms with E-state index < -0.39 is 12.3 Å². The molecule has 5 nitrogen and oxygen atoms in total. The van der Waals surface area contributed by atoms with E-state index in [1.807, 2.05) is 0 Å². The summed E-state index contributed by atoms with van der Waals surface area (Å²) in [6.45, 7) is 6.82. The summed E-state index contributed by atoms with van der Waals surface area (Å²) >= 11 is 1.22. The van der Waals surface area contributed by atoms with Gasteiger partial charge in [-0.05, 0) is 66.5 Å². The van der Waals surface area contributed by atoms with Crippen LogP contribution in [0.3, 0.4) is 0 Å². The third kappa shape index (κ3) is 4.93. The minimum absolute atomic E-state index is 0.249. The second-order valence-electron chi connectivity index (χ2n) is 9.10. The summed E-state index contributed by atoms with van der Waals surface area (Å²) in [6, 6.07) is 7.04. The predicted molar refractivity (Wildman–Crippen MR) is 125 cm³/mol. The topological polar surface area (TPSA) is 77.2 Å². The fourth-order valence-corrected chi connectivity index (χ4v) is 5.23. The maximum Gasteiger partial charge on any atom is 0.573 e. The van der Waals surface area contributed by atoms with Crippen molar-refractivity contribution in [2.24, 2.45) is 11.3 Å². The molecule has 3 N–H and O–H groups in total. The van der Waals surface area contributed by atoms with Crippen molar-refractivity contribution in [3.63, 3.8) is 0 Å². The normalized spacial score (nSPS) is 16.5. The van der Waals surface area contributed by atoms with E-state index in [9.17, 15) is 18.0 Å². The first-order valence-electron chi connectivity index (χ1n) is 10.8. The number of nitrogens with one attached hydrogen (secondary N) is 1. The molecule has 0 unspecified atom stereocenters. The number of amides is 1. The van der Waals surface area contributed by atoms with Crippen LogP contribution in [-0.4, -0.2) is 17.3 Å². The van der Waals surface area contributed by atoms with Gasteiger partial charge in [-0.25, -0.2) is 4.98 Å². The fraction of sp³-hybridized carbons (Fsp3) is 0.417. The number of thiophene rings is 1. The number of nitrogen functional groups attached to an aromatic ring is 1. The van der Waals surface area contributed by atoms with Crippen LogP contribution >= 0.6 is 11.3 Å². The number of nitrogens with zero attached hydrogens (tertiary/aromatic N) is 1. The smallest absolute Gasteiger partial charge is 0.406 e. The number of ether oxygens (including phenoxy) is 1. The van der Waals surface area contributed by atoms with Crippen LogP contribution in [0.25, 0.3) is 10.2 Å². The summed E-state index contributed by atoms with van der Waals surface area (Å²) in [6.07, 6.45) is -0.715. The van der Waals surface area contributed by atoms with Crippen LogP contribution in [0.15, 0.2) is 30.3 Å². The average molecular weight is 478 g/mol. The van der Waals surface area contributed by atoms with Crippen LogP contribution in [0.4, 0.5) is 24.5 Å². The number of anilines is 2. The number of carbonyl (C=O) groups is 1. The first-order chi connectivity index (χ1) is 15.5. The van der Waals surface area contributed by atoms with Gasteiger partial charge in [0.05, 0.1) is 5.69 Å². The molecule has 176 valence electrons. The van der Waals surface area contributed by atoms with Crippen molar-refractivity contribution >= 4 is 38.8 Å². The molecule has 0 spiro atoms. The number of pyridine rings is 1. The molecule has 2 aromatic heterocycles. The Morgan fingerprint density at radius 3 is 2.61 bits per heavy atom.